The molecule has 0 bridgehead atoms. The first-order valence-corrected chi connectivity index (χ1v) is 9.10. The molecular formula is C16H8F3N5OS2. The number of nitrogens with zero attached hydrogens (tertiary/aromatic N) is 5. The molecule has 0 unspecified atom stereocenters. The fourth-order valence-corrected chi connectivity index (χ4v) is 3.42. The SMILES string of the molecule is FC(F)(F)c1cc(Sc2nnc(-c3cccs3)o2)nc(-c2ccncc2)n1. The summed E-state index contributed by atoms with van der Waals surface area (Å²) in [4.78, 5) is 12.4. The molecular weight excluding hydrogens is 399 g/mol. The van der Waals surface area contributed by atoms with Gasteiger partial charge in [-0.05, 0) is 35.3 Å². The third-order valence-corrected chi connectivity index (χ3v) is 4.88. The molecule has 0 aliphatic rings. The Kier molecular flexibility index (Phi) is 4.62. The minimum absolute atomic E-state index is 0.0468. The van der Waals surface area contributed by atoms with E-state index in [4.69, 9.17) is 4.42 Å². The molecule has 0 saturated heterocycles. The van der Waals surface area contributed by atoms with Crippen LogP contribution >= 0.6 is 23.1 Å². The number of thiophene rings is 1. The van der Waals surface area contributed by atoms with Crippen molar-refractivity contribution in [2.75, 3.05) is 0 Å². The molecule has 0 amide bonds. The van der Waals surface area contributed by atoms with Crippen LogP contribution in [0.3, 0.4) is 0 Å². The minimum Gasteiger partial charge on any atom is -0.410 e. The lowest BCUT2D eigenvalue weighted by atomic mass is 10.2. The summed E-state index contributed by atoms with van der Waals surface area (Å²) in [6, 6.07) is 7.56. The first kappa shape index (κ1) is 17.6. The van der Waals surface area contributed by atoms with Crippen molar-refractivity contribution >= 4 is 23.1 Å². The molecule has 136 valence electrons. The molecule has 27 heavy (non-hydrogen) atoms. The minimum atomic E-state index is -4.61. The Bertz CT molecular complexity index is 1050. The quantitative estimate of drug-likeness (QED) is 0.449. The molecule has 0 atom stereocenters. The van der Waals surface area contributed by atoms with Crippen LogP contribution in [0.15, 0.2) is 62.8 Å². The zero-order valence-corrected chi connectivity index (χ0v) is 14.8. The molecule has 0 radical (unpaired) electrons. The van der Waals surface area contributed by atoms with Crippen molar-refractivity contribution in [2.45, 2.75) is 16.4 Å². The third-order valence-electron chi connectivity index (χ3n) is 3.26. The van der Waals surface area contributed by atoms with Crippen molar-refractivity contribution in [3.8, 4) is 22.2 Å². The first-order valence-electron chi connectivity index (χ1n) is 7.41. The van der Waals surface area contributed by atoms with E-state index in [2.05, 4.69) is 25.1 Å². The number of pyridine rings is 1. The van der Waals surface area contributed by atoms with Crippen LogP contribution in [-0.4, -0.2) is 25.1 Å². The van der Waals surface area contributed by atoms with E-state index in [1.807, 2.05) is 11.4 Å². The van der Waals surface area contributed by atoms with Gasteiger partial charge in [-0.3, -0.25) is 4.98 Å². The van der Waals surface area contributed by atoms with Gasteiger partial charge in [-0.25, -0.2) is 9.97 Å². The molecule has 0 N–H and O–H groups in total. The molecule has 4 aromatic rings. The van der Waals surface area contributed by atoms with Crippen LogP contribution in [0.2, 0.25) is 0 Å². The van der Waals surface area contributed by atoms with Crippen molar-refractivity contribution in [3.05, 3.63) is 53.8 Å². The molecule has 0 aromatic carbocycles. The average Bonchev–Trinajstić information content (AvgIpc) is 3.33. The highest BCUT2D eigenvalue weighted by Crippen LogP contribution is 2.35. The van der Waals surface area contributed by atoms with Crippen molar-refractivity contribution < 1.29 is 17.6 Å². The van der Waals surface area contributed by atoms with Gasteiger partial charge in [0.1, 0.15) is 10.7 Å². The molecule has 0 aliphatic carbocycles. The van der Waals surface area contributed by atoms with Crippen LogP contribution in [-0.2, 0) is 6.18 Å². The summed E-state index contributed by atoms with van der Waals surface area (Å²) in [6.07, 6.45) is -1.70. The number of rotatable bonds is 4. The summed E-state index contributed by atoms with van der Waals surface area (Å²) < 4.78 is 45.2. The monoisotopic (exact) mass is 407 g/mol. The highest BCUT2D eigenvalue weighted by Gasteiger charge is 2.34. The lowest BCUT2D eigenvalue weighted by Crippen LogP contribution is -2.10. The van der Waals surface area contributed by atoms with Gasteiger partial charge in [0.05, 0.1) is 4.88 Å². The van der Waals surface area contributed by atoms with Crippen LogP contribution in [0, 0.1) is 0 Å². The number of hydrogen-bond acceptors (Lipinski definition) is 8. The van der Waals surface area contributed by atoms with Crippen LogP contribution in [0.1, 0.15) is 5.69 Å². The van der Waals surface area contributed by atoms with Crippen molar-refractivity contribution in [1.82, 2.24) is 25.1 Å². The van der Waals surface area contributed by atoms with Crippen LogP contribution < -0.4 is 0 Å². The van der Waals surface area contributed by atoms with E-state index in [0.717, 1.165) is 22.7 Å². The lowest BCUT2D eigenvalue weighted by molar-refractivity contribution is -0.141. The molecule has 4 heterocycles. The maximum absolute atomic E-state index is 13.2. The summed E-state index contributed by atoms with van der Waals surface area (Å²) in [7, 11) is 0. The summed E-state index contributed by atoms with van der Waals surface area (Å²) >= 11 is 2.26. The second kappa shape index (κ2) is 7.08. The van der Waals surface area contributed by atoms with Gasteiger partial charge in [-0.15, -0.1) is 21.5 Å². The number of alkyl halides is 3. The molecule has 0 spiro atoms. The van der Waals surface area contributed by atoms with Crippen molar-refractivity contribution in [1.29, 1.82) is 0 Å². The molecule has 0 saturated carbocycles. The van der Waals surface area contributed by atoms with E-state index in [1.165, 1.54) is 35.9 Å². The van der Waals surface area contributed by atoms with Crippen LogP contribution in [0.4, 0.5) is 13.2 Å². The third kappa shape index (κ3) is 3.98. The van der Waals surface area contributed by atoms with Gasteiger partial charge in [0.25, 0.3) is 11.1 Å². The summed E-state index contributed by atoms with van der Waals surface area (Å²) in [5.41, 5.74) is -0.632. The number of halogens is 3. The van der Waals surface area contributed by atoms with Gasteiger partial charge in [-0.2, -0.15) is 13.2 Å². The molecule has 4 aromatic heterocycles. The second-order valence-electron chi connectivity index (χ2n) is 5.10. The Hall–Kier alpha value is -2.79. The zero-order chi connectivity index (χ0) is 18.9. The highest BCUT2D eigenvalue weighted by molar-refractivity contribution is 7.99. The van der Waals surface area contributed by atoms with Gasteiger partial charge in [0, 0.05) is 24.0 Å². The Balaban J connectivity index is 1.70. The second-order valence-corrected chi connectivity index (χ2v) is 7.02. The number of hydrogen-bond donors (Lipinski definition) is 0. The maximum Gasteiger partial charge on any atom is 0.433 e. The van der Waals surface area contributed by atoms with E-state index >= 15 is 0 Å². The lowest BCUT2D eigenvalue weighted by Gasteiger charge is -2.09. The van der Waals surface area contributed by atoms with Crippen LogP contribution in [0.5, 0.6) is 0 Å². The van der Waals surface area contributed by atoms with Gasteiger partial charge in [0.2, 0.25) is 0 Å². The first-order chi connectivity index (χ1) is 13.0. The Morgan fingerprint density at radius 2 is 1.85 bits per heavy atom. The molecule has 6 nitrogen and oxygen atoms in total. The van der Waals surface area contributed by atoms with E-state index in [-0.39, 0.29) is 16.1 Å². The molecule has 11 heteroatoms. The topological polar surface area (TPSA) is 77.6 Å². The van der Waals surface area contributed by atoms with Gasteiger partial charge in [-0.1, -0.05) is 6.07 Å². The standard InChI is InChI=1S/C16H8F3N5OS2/c17-16(18,19)11-8-12(22-13(21-11)9-3-5-20-6-4-9)27-15-24-23-14(25-15)10-2-1-7-26-10/h1-8H. The zero-order valence-electron chi connectivity index (χ0n) is 13.2. The van der Waals surface area contributed by atoms with E-state index in [9.17, 15) is 13.2 Å². The van der Waals surface area contributed by atoms with E-state index < -0.39 is 11.9 Å². The highest BCUT2D eigenvalue weighted by atomic mass is 32.2. The molecule has 0 aliphatic heterocycles. The summed E-state index contributed by atoms with van der Waals surface area (Å²) in [5, 5.41) is 9.76. The predicted molar refractivity (Wildman–Crippen MR) is 92.0 cm³/mol. The van der Waals surface area contributed by atoms with Gasteiger partial charge < -0.3 is 4.42 Å². The van der Waals surface area contributed by atoms with Crippen molar-refractivity contribution in [3.63, 3.8) is 0 Å². The molecule has 4 rings (SSSR count). The summed E-state index contributed by atoms with van der Waals surface area (Å²) in [5.74, 6) is 0.236. The van der Waals surface area contributed by atoms with E-state index in [1.54, 1.807) is 6.07 Å². The van der Waals surface area contributed by atoms with E-state index in [0.29, 0.717) is 11.5 Å². The Labute approximate surface area is 158 Å². The van der Waals surface area contributed by atoms with Crippen molar-refractivity contribution in [2.24, 2.45) is 0 Å². The van der Waals surface area contributed by atoms with Gasteiger partial charge >= 0.3 is 6.18 Å². The Morgan fingerprint density at radius 1 is 1.04 bits per heavy atom. The summed E-state index contributed by atoms with van der Waals surface area (Å²) in [6.45, 7) is 0. The normalized spacial score (nSPS) is 11.7. The predicted octanol–water partition coefficient (Wildman–Crippen LogP) is 4.82. The average molecular weight is 407 g/mol. The largest absolute Gasteiger partial charge is 0.433 e. The smallest absolute Gasteiger partial charge is 0.410 e. The molecule has 0 fully saturated rings. The Morgan fingerprint density at radius 3 is 2.56 bits per heavy atom. The maximum atomic E-state index is 13.2. The van der Waals surface area contributed by atoms with Gasteiger partial charge in [0.15, 0.2) is 5.82 Å². The van der Waals surface area contributed by atoms with Crippen LogP contribution in [0.25, 0.3) is 22.2 Å². The fourth-order valence-electron chi connectivity index (χ4n) is 2.09. The fraction of sp³-hybridized carbons (Fsp3) is 0.0625. The number of aromatic nitrogens is 5.